The summed E-state index contributed by atoms with van der Waals surface area (Å²) < 4.78 is 0.812. The van der Waals surface area contributed by atoms with Crippen LogP contribution >= 0.6 is 15.9 Å². The molecule has 4 rings (SSSR count). The molecule has 3 aromatic rings. The Morgan fingerprint density at radius 3 is 2.04 bits per heavy atom. The predicted octanol–water partition coefficient (Wildman–Crippen LogP) is 2.60. The molecule has 7 nitrogen and oxygen atoms in total. The molecule has 0 saturated carbocycles. The van der Waals surface area contributed by atoms with E-state index in [-0.39, 0.29) is 28.7 Å². The van der Waals surface area contributed by atoms with Crippen LogP contribution in [0.5, 0.6) is 11.5 Å². The first-order chi connectivity index (χ1) is 12.0. The summed E-state index contributed by atoms with van der Waals surface area (Å²) in [6.07, 6.45) is 2.66. The van der Waals surface area contributed by atoms with Crippen LogP contribution in [-0.2, 0) is 6.54 Å². The zero-order valence-corrected chi connectivity index (χ0v) is 14.2. The number of halogens is 1. The van der Waals surface area contributed by atoms with Crippen molar-refractivity contribution < 1.29 is 19.8 Å². The normalized spacial score (nSPS) is 13.6. The summed E-state index contributed by atoms with van der Waals surface area (Å²) in [5.41, 5.74) is 0.188. The highest BCUT2D eigenvalue weighted by molar-refractivity contribution is 9.10. The fourth-order valence-electron chi connectivity index (χ4n) is 2.90. The SMILES string of the molecule is O=C1c2c(c(O)c3nccnc3c2O)C(=O)N1Cc1cccc(Br)c1. The average molecular weight is 400 g/mol. The molecule has 0 unspecified atom stereocenters. The van der Waals surface area contributed by atoms with E-state index in [1.807, 2.05) is 6.07 Å². The monoisotopic (exact) mass is 399 g/mol. The highest BCUT2D eigenvalue weighted by Crippen LogP contribution is 2.42. The van der Waals surface area contributed by atoms with Crippen LogP contribution in [0.2, 0.25) is 0 Å². The van der Waals surface area contributed by atoms with Crippen molar-refractivity contribution in [2.45, 2.75) is 6.54 Å². The Kier molecular flexibility index (Phi) is 3.43. The molecule has 0 atom stereocenters. The van der Waals surface area contributed by atoms with Gasteiger partial charge in [-0.3, -0.25) is 14.5 Å². The number of aromatic nitrogens is 2. The van der Waals surface area contributed by atoms with E-state index in [9.17, 15) is 19.8 Å². The second kappa shape index (κ2) is 5.52. The number of benzene rings is 2. The smallest absolute Gasteiger partial charge is 0.265 e. The summed E-state index contributed by atoms with van der Waals surface area (Å²) >= 11 is 3.34. The molecule has 0 fully saturated rings. The fraction of sp³-hybridized carbons (Fsp3) is 0.0588. The van der Waals surface area contributed by atoms with Gasteiger partial charge in [0.25, 0.3) is 11.8 Å². The van der Waals surface area contributed by atoms with Gasteiger partial charge in [0.1, 0.15) is 22.2 Å². The van der Waals surface area contributed by atoms with Crippen LogP contribution in [0.3, 0.4) is 0 Å². The summed E-state index contributed by atoms with van der Waals surface area (Å²) in [7, 11) is 0. The van der Waals surface area contributed by atoms with Crippen molar-refractivity contribution in [1.82, 2.24) is 14.9 Å². The van der Waals surface area contributed by atoms with Crippen molar-refractivity contribution in [2.75, 3.05) is 0 Å². The van der Waals surface area contributed by atoms with Crippen LogP contribution in [0.15, 0.2) is 41.1 Å². The van der Waals surface area contributed by atoms with E-state index >= 15 is 0 Å². The minimum absolute atomic E-state index is 0.0157. The van der Waals surface area contributed by atoms with Gasteiger partial charge in [0, 0.05) is 16.9 Å². The van der Waals surface area contributed by atoms with Crippen molar-refractivity contribution in [1.29, 1.82) is 0 Å². The van der Waals surface area contributed by atoms with Crippen LogP contribution in [0.4, 0.5) is 0 Å². The molecule has 2 aromatic carbocycles. The highest BCUT2D eigenvalue weighted by atomic mass is 79.9. The van der Waals surface area contributed by atoms with Gasteiger partial charge in [-0.15, -0.1) is 0 Å². The van der Waals surface area contributed by atoms with Gasteiger partial charge in [-0.25, -0.2) is 9.97 Å². The number of nitrogens with zero attached hydrogens (tertiary/aromatic N) is 3. The summed E-state index contributed by atoms with van der Waals surface area (Å²) in [4.78, 5) is 34.2. The molecule has 25 heavy (non-hydrogen) atoms. The van der Waals surface area contributed by atoms with E-state index in [1.54, 1.807) is 18.2 Å². The van der Waals surface area contributed by atoms with Crippen molar-refractivity contribution >= 4 is 38.8 Å². The zero-order chi connectivity index (χ0) is 17.7. The first kappa shape index (κ1) is 15.5. The maximum atomic E-state index is 12.7. The third-order valence-corrected chi connectivity index (χ3v) is 4.51. The van der Waals surface area contributed by atoms with Crippen molar-refractivity contribution in [3.05, 3.63) is 57.8 Å². The molecule has 124 valence electrons. The highest BCUT2D eigenvalue weighted by Gasteiger charge is 2.42. The summed E-state index contributed by atoms with van der Waals surface area (Å²) in [5, 5.41) is 20.8. The molecule has 0 bridgehead atoms. The van der Waals surface area contributed by atoms with Crippen molar-refractivity contribution in [3.63, 3.8) is 0 Å². The molecular formula is C17H10BrN3O4. The molecular weight excluding hydrogens is 390 g/mol. The Morgan fingerprint density at radius 1 is 0.960 bits per heavy atom. The number of phenolic OH excluding ortho intramolecular Hbond substituents is 2. The number of carbonyl (C=O) groups is 2. The number of carbonyl (C=O) groups excluding carboxylic acids is 2. The van der Waals surface area contributed by atoms with E-state index in [0.29, 0.717) is 0 Å². The van der Waals surface area contributed by atoms with Gasteiger partial charge >= 0.3 is 0 Å². The minimum Gasteiger partial charge on any atom is -0.505 e. The van der Waals surface area contributed by atoms with Gasteiger partial charge in [-0.2, -0.15) is 0 Å². The summed E-state index contributed by atoms with van der Waals surface area (Å²) in [6.45, 7) is 0.0157. The van der Waals surface area contributed by atoms with Gasteiger partial charge in [0.05, 0.1) is 6.54 Å². The van der Waals surface area contributed by atoms with Gasteiger partial charge in [-0.05, 0) is 17.7 Å². The lowest BCUT2D eigenvalue weighted by molar-refractivity contribution is 0.0641. The first-order valence-electron chi connectivity index (χ1n) is 7.28. The second-order valence-corrected chi connectivity index (χ2v) is 6.44. The van der Waals surface area contributed by atoms with E-state index in [4.69, 9.17) is 0 Å². The maximum Gasteiger partial charge on any atom is 0.265 e. The Labute approximate surface area is 149 Å². The van der Waals surface area contributed by atoms with Crippen LogP contribution in [-0.4, -0.2) is 36.9 Å². The molecule has 0 spiro atoms. The number of fused-ring (bicyclic) bond motifs is 2. The van der Waals surface area contributed by atoms with E-state index < -0.39 is 23.3 Å². The Hall–Kier alpha value is -3.00. The lowest BCUT2D eigenvalue weighted by Gasteiger charge is -2.13. The predicted molar refractivity (Wildman–Crippen MR) is 91.2 cm³/mol. The molecule has 8 heteroatoms. The number of hydrogen-bond donors (Lipinski definition) is 2. The molecule has 2 heterocycles. The number of phenols is 2. The van der Waals surface area contributed by atoms with Crippen molar-refractivity contribution in [3.8, 4) is 11.5 Å². The molecule has 1 aliphatic rings. The van der Waals surface area contributed by atoms with Gasteiger partial charge in [0.15, 0.2) is 11.5 Å². The minimum atomic E-state index is -0.680. The van der Waals surface area contributed by atoms with Gasteiger partial charge in [0.2, 0.25) is 0 Å². The molecule has 0 saturated heterocycles. The van der Waals surface area contributed by atoms with Gasteiger partial charge in [-0.1, -0.05) is 28.1 Å². The summed E-state index contributed by atoms with van der Waals surface area (Å²) in [6, 6.07) is 7.17. The standard InChI is InChI=1S/C17H10BrN3O4/c18-9-3-1-2-8(6-9)7-21-16(24)10-11(17(21)25)15(23)13-12(14(10)22)19-4-5-20-13/h1-6,22-23H,7H2. The molecule has 2 N–H and O–H groups in total. The second-order valence-electron chi connectivity index (χ2n) is 5.53. The maximum absolute atomic E-state index is 12.7. The van der Waals surface area contributed by atoms with Crippen molar-refractivity contribution in [2.24, 2.45) is 0 Å². The average Bonchev–Trinajstić information content (AvgIpc) is 2.85. The molecule has 0 radical (unpaired) electrons. The Balaban J connectivity index is 1.86. The van der Waals surface area contributed by atoms with Crippen LogP contribution in [0.25, 0.3) is 11.0 Å². The third kappa shape index (κ3) is 2.25. The largest absolute Gasteiger partial charge is 0.505 e. The van der Waals surface area contributed by atoms with E-state index in [1.165, 1.54) is 12.4 Å². The zero-order valence-electron chi connectivity index (χ0n) is 12.6. The third-order valence-electron chi connectivity index (χ3n) is 4.02. The van der Waals surface area contributed by atoms with E-state index in [0.717, 1.165) is 14.9 Å². The van der Waals surface area contributed by atoms with Crippen LogP contribution in [0, 0.1) is 0 Å². The number of rotatable bonds is 2. The quantitative estimate of drug-likeness (QED) is 0.506. The lowest BCUT2D eigenvalue weighted by Crippen LogP contribution is -2.29. The lowest BCUT2D eigenvalue weighted by atomic mass is 10.1. The molecule has 1 aromatic heterocycles. The van der Waals surface area contributed by atoms with Crippen LogP contribution < -0.4 is 0 Å². The molecule has 1 aliphatic heterocycles. The molecule has 0 aliphatic carbocycles. The number of amides is 2. The number of aromatic hydroxyl groups is 2. The van der Waals surface area contributed by atoms with Gasteiger partial charge < -0.3 is 10.2 Å². The Bertz CT molecular complexity index is 1010. The van der Waals surface area contributed by atoms with E-state index in [2.05, 4.69) is 25.9 Å². The number of hydrogen-bond acceptors (Lipinski definition) is 6. The molecule has 2 amide bonds. The first-order valence-corrected chi connectivity index (χ1v) is 8.07. The Morgan fingerprint density at radius 2 is 1.52 bits per heavy atom. The number of imide groups is 1. The summed E-state index contributed by atoms with van der Waals surface area (Å²) in [5.74, 6) is -2.27. The topological polar surface area (TPSA) is 104 Å². The fourth-order valence-corrected chi connectivity index (χ4v) is 3.34. The van der Waals surface area contributed by atoms with Crippen LogP contribution in [0.1, 0.15) is 26.3 Å².